The van der Waals surface area contributed by atoms with Crippen LogP contribution in [0.25, 0.3) is 0 Å². The highest BCUT2D eigenvalue weighted by molar-refractivity contribution is 5.79. The van der Waals surface area contributed by atoms with Crippen molar-refractivity contribution in [2.45, 2.75) is 46.5 Å². The van der Waals surface area contributed by atoms with Gasteiger partial charge in [-0.25, -0.2) is 0 Å². The van der Waals surface area contributed by atoms with E-state index < -0.39 is 0 Å². The molecule has 1 aliphatic heterocycles. The Bertz CT molecular complexity index is 278. The molecule has 1 heterocycles. The van der Waals surface area contributed by atoms with E-state index in [2.05, 4.69) is 42.9 Å². The van der Waals surface area contributed by atoms with Crippen molar-refractivity contribution >= 4 is 5.96 Å². The SMILES string of the molecule is CCCCN(C)C(=NCC1CCN(CCC)C1)NCC. The minimum Gasteiger partial charge on any atom is -0.357 e. The van der Waals surface area contributed by atoms with Gasteiger partial charge in [0, 0.05) is 33.2 Å². The van der Waals surface area contributed by atoms with E-state index in [4.69, 9.17) is 4.99 Å². The third-order valence-corrected chi connectivity index (χ3v) is 3.95. The van der Waals surface area contributed by atoms with Gasteiger partial charge in [0.05, 0.1) is 0 Å². The monoisotopic (exact) mass is 282 g/mol. The topological polar surface area (TPSA) is 30.9 Å². The van der Waals surface area contributed by atoms with Crippen LogP contribution in [0.4, 0.5) is 0 Å². The zero-order chi connectivity index (χ0) is 14.8. The molecule has 0 amide bonds. The summed E-state index contributed by atoms with van der Waals surface area (Å²) in [6.07, 6.45) is 5.03. The molecule has 0 bridgehead atoms. The van der Waals surface area contributed by atoms with Gasteiger partial charge in [-0.3, -0.25) is 4.99 Å². The number of unbranched alkanes of at least 4 members (excludes halogenated alkanes) is 1. The highest BCUT2D eigenvalue weighted by Crippen LogP contribution is 2.16. The molecular weight excluding hydrogens is 248 g/mol. The molecule has 0 spiro atoms. The van der Waals surface area contributed by atoms with Crippen molar-refractivity contribution in [2.24, 2.45) is 10.9 Å². The first kappa shape index (κ1) is 17.3. The van der Waals surface area contributed by atoms with Gasteiger partial charge in [0.25, 0.3) is 0 Å². The average Bonchev–Trinajstić information content (AvgIpc) is 2.89. The van der Waals surface area contributed by atoms with E-state index in [9.17, 15) is 0 Å². The van der Waals surface area contributed by atoms with E-state index in [1.807, 2.05) is 0 Å². The maximum atomic E-state index is 4.85. The van der Waals surface area contributed by atoms with Crippen LogP contribution in [0, 0.1) is 5.92 Å². The predicted molar refractivity (Wildman–Crippen MR) is 88.4 cm³/mol. The number of aliphatic imine (C=N–C) groups is 1. The second kappa shape index (κ2) is 10.0. The van der Waals surface area contributed by atoms with Gasteiger partial charge in [-0.15, -0.1) is 0 Å². The lowest BCUT2D eigenvalue weighted by Gasteiger charge is -2.22. The minimum atomic E-state index is 0.745. The summed E-state index contributed by atoms with van der Waals surface area (Å²) in [5.41, 5.74) is 0. The van der Waals surface area contributed by atoms with Crippen molar-refractivity contribution in [2.75, 3.05) is 46.3 Å². The molecule has 1 unspecified atom stereocenters. The lowest BCUT2D eigenvalue weighted by atomic mass is 10.1. The highest BCUT2D eigenvalue weighted by atomic mass is 15.3. The second-order valence-corrected chi connectivity index (χ2v) is 5.93. The van der Waals surface area contributed by atoms with Gasteiger partial charge in [-0.05, 0) is 45.2 Å². The van der Waals surface area contributed by atoms with E-state index in [0.717, 1.165) is 31.5 Å². The molecule has 4 heteroatoms. The molecule has 1 saturated heterocycles. The van der Waals surface area contributed by atoms with Gasteiger partial charge in [-0.2, -0.15) is 0 Å². The van der Waals surface area contributed by atoms with Crippen LogP contribution in [0.1, 0.15) is 46.5 Å². The maximum Gasteiger partial charge on any atom is 0.193 e. The molecule has 0 radical (unpaired) electrons. The minimum absolute atomic E-state index is 0.745. The quantitative estimate of drug-likeness (QED) is 0.548. The van der Waals surface area contributed by atoms with Crippen LogP contribution in [-0.4, -0.2) is 62.1 Å². The van der Waals surface area contributed by atoms with E-state index in [1.165, 1.54) is 45.3 Å². The summed E-state index contributed by atoms with van der Waals surface area (Å²) in [6.45, 7) is 13.4. The first-order valence-corrected chi connectivity index (χ1v) is 8.43. The van der Waals surface area contributed by atoms with Crippen LogP contribution >= 0.6 is 0 Å². The van der Waals surface area contributed by atoms with Crippen LogP contribution in [0.15, 0.2) is 4.99 Å². The number of likely N-dealkylation sites (tertiary alicyclic amines) is 1. The van der Waals surface area contributed by atoms with Gasteiger partial charge >= 0.3 is 0 Å². The largest absolute Gasteiger partial charge is 0.357 e. The number of rotatable bonds is 8. The average molecular weight is 282 g/mol. The molecule has 0 aromatic heterocycles. The Morgan fingerprint density at radius 2 is 2.10 bits per heavy atom. The summed E-state index contributed by atoms with van der Waals surface area (Å²) < 4.78 is 0. The first-order valence-electron chi connectivity index (χ1n) is 8.43. The summed E-state index contributed by atoms with van der Waals surface area (Å²) in [5, 5.41) is 3.41. The van der Waals surface area contributed by atoms with Crippen LogP contribution in [0.2, 0.25) is 0 Å². The Balaban J connectivity index is 2.42. The Hall–Kier alpha value is -0.770. The van der Waals surface area contributed by atoms with Crippen LogP contribution in [-0.2, 0) is 0 Å². The summed E-state index contributed by atoms with van der Waals surface area (Å²) >= 11 is 0. The molecule has 0 aliphatic carbocycles. The molecule has 1 fully saturated rings. The Morgan fingerprint density at radius 1 is 1.30 bits per heavy atom. The normalized spacial score (nSPS) is 20.4. The molecule has 0 aromatic carbocycles. The van der Waals surface area contributed by atoms with E-state index >= 15 is 0 Å². The Kier molecular flexibility index (Phi) is 8.67. The van der Waals surface area contributed by atoms with Gasteiger partial charge < -0.3 is 15.1 Å². The number of hydrogen-bond donors (Lipinski definition) is 1. The van der Waals surface area contributed by atoms with Crippen molar-refractivity contribution in [3.05, 3.63) is 0 Å². The molecule has 118 valence electrons. The van der Waals surface area contributed by atoms with Crippen LogP contribution in [0.3, 0.4) is 0 Å². The van der Waals surface area contributed by atoms with Crippen molar-refractivity contribution < 1.29 is 0 Å². The molecule has 1 N–H and O–H groups in total. The van der Waals surface area contributed by atoms with Gasteiger partial charge in [0.1, 0.15) is 0 Å². The zero-order valence-electron chi connectivity index (χ0n) is 14.0. The van der Waals surface area contributed by atoms with Crippen molar-refractivity contribution in [1.82, 2.24) is 15.1 Å². The van der Waals surface area contributed by atoms with Gasteiger partial charge in [-0.1, -0.05) is 20.3 Å². The first-order chi connectivity index (χ1) is 9.71. The standard InChI is InChI=1S/C16H34N4/c1-5-8-11-19(4)16(17-7-3)18-13-15-9-12-20(14-15)10-6-2/h15H,5-14H2,1-4H3,(H,17,18). The third-order valence-electron chi connectivity index (χ3n) is 3.95. The van der Waals surface area contributed by atoms with Crippen molar-refractivity contribution in [3.8, 4) is 0 Å². The summed E-state index contributed by atoms with van der Waals surface area (Å²) in [5.74, 6) is 1.82. The summed E-state index contributed by atoms with van der Waals surface area (Å²) in [7, 11) is 2.15. The zero-order valence-corrected chi connectivity index (χ0v) is 14.0. The van der Waals surface area contributed by atoms with Crippen LogP contribution in [0.5, 0.6) is 0 Å². The lowest BCUT2D eigenvalue weighted by Crippen LogP contribution is -2.39. The Labute approximate surface area is 125 Å². The fourth-order valence-corrected chi connectivity index (χ4v) is 2.77. The second-order valence-electron chi connectivity index (χ2n) is 5.93. The highest BCUT2D eigenvalue weighted by Gasteiger charge is 2.21. The summed E-state index contributed by atoms with van der Waals surface area (Å²) in [6, 6.07) is 0. The molecule has 20 heavy (non-hydrogen) atoms. The lowest BCUT2D eigenvalue weighted by molar-refractivity contribution is 0.326. The summed E-state index contributed by atoms with van der Waals surface area (Å²) in [4.78, 5) is 9.69. The molecule has 1 atom stereocenters. The molecule has 1 aliphatic rings. The molecule has 0 saturated carbocycles. The molecular formula is C16H34N4. The van der Waals surface area contributed by atoms with E-state index in [-0.39, 0.29) is 0 Å². The van der Waals surface area contributed by atoms with Crippen molar-refractivity contribution in [3.63, 3.8) is 0 Å². The number of nitrogens with zero attached hydrogens (tertiary/aromatic N) is 3. The third kappa shape index (κ3) is 6.12. The van der Waals surface area contributed by atoms with Gasteiger partial charge in [0.15, 0.2) is 5.96 Å². The number of hydrogen-bond acceptors (Lipinski definition) is 2. The van der Waals surface area contributed by atoms with Crippen LogP contribution < -0.4 is 5.32 Å². The van der Waals surface area contributed by atoms with E-state index in [0.29, 0.717) is 0 Å². The molecule has 1 rings (SSSR count). The maximum absolute atomic E-state index is 4.85. The Morgan fingerprint density at radius 3 is 2.75 bits per heavy atom. The smallest absolute Gasteiger partial charge is 0.193 e. The molecule has 4 nitrogen and oxygen atoms in total. The fraction of sp³-hybridized carbons (Fsp3) is 0.938. The number of nitrogens with one attached hydrogen (secondary N) is 1. The number of guanidine groups is 1. The van der Waals surface area contributed by atoms with E-state index in [1.54, 1.807) is 0 Å². The fourth-order valence-electron chi connectivity index (χ4n) is 2.77. The predicted octanol–water partition coefficient (Wildman–Crippen LogP) is 2.42. The van der Waals surface area contributed by atoms with Crippen molar-refractivity contribution in [1.29, 1.82) is 0 Å². The van der Waals surface area contributed by atoms with Gasteiger partial charge in [0.2, 0.25) is 0 Å². The molecule has 0 aromatic rings.